The summed E-state index contributed by atoms with van der Waals surface area (Å²) in [5, 5.41) is 7.44. The topological polar surface area (TPSA) is 115 Å². The Morgan fingerprint density at radius 3 is 2.19 bits per heavy atom. The van der Waals surface area contributed by atoms with Gasteiger partial charge >= 0.3 is 0 Å². The summed E-state index contributed by atoms with van der Waals surface area (Å²) in [6, 6.07) is 4.89. The van der Waals surface area contributed by atoms with Crippen LogP contribution in [0, 0.1) is 0 Å². The van der Waals surface area contributed by atoms with E-state index in [9.17, 15) is 13.2 Å². The van der Waals surface area contributed by atoms with Crippen molar-refractivity contribution in [3.05, 3.63) is 24.3 Å². The third-order valence-corrected chi connectivity index (χ3v) is 2.79. The van der Waals surface area contributed by atoms with Crippen LogP contribution in [0.5, 0.6) is 0 Å². The fourth-order valence-electron chi connectivity index (χ4n) is 0.984. The monoisotopic (exact) mass is 243 g/mol. The number of nitrogens with one attached hydrogen (secondary N) is 1. The second-order valence-electron chi connectivity index (χ2n) is 3.35. The van der Waals surface area contributed by atoms with Gasteiger partial charge in [0.1, 0.15) is 0 Å². The summed E-state index contributed by atoms with van der Waals surface area (Å²) in [5.74, 6) is -0.344. The van der Waals surface area contributed by atoms with Gasteiger partial charge in [0, 0.05) is 5.69 Å². The fraction of sp³-hybridized carbons (Fsp3) is 0.222. The normalized spacial score (nSPS) is 13.2. The molecule has 0 saturated heterocycles. The van der Waals surface area contributed by atoms with Crippen LogP contribution in [-0.4, -0.2) is 20.4 Å². The summed E-state index contributed by atoms with van der Waals surface area (Å²) in [6.07, 6.45) is 0. The lowest BCUT2D eigenvalue weighted by Crippen LogP contribution is -2.32. The maximum absolute atomic E-state index is 11.2. The van der Waals surface area contributed by atoms with E-state index in [-0.39, 0.29) is 10.8 Å². The van der Waals surface area contributed by atoms with Gasteiger partial charge in [-0.2, -0.15) is 0 Å². The van der Waals surface area contributed by atoms with E-state index in [0.29, 0.717) is 5.69 Å². The highest BCUT2D eigenvalue weighted by molar-refractivity contribution is 7.89. The van der Waals surface area contributed by atoms with Crippen molar-refractivity contribution in [2.75, 3.05) is 5.32 Å². The molecule has 0 radical (unpaired) electrons. The van der Waals surface area contributed by atoms with Crippen molar-refractivity contribution in [2.45, 2.75) is 17.9 Å². The highest BCUT2D eigenvalue weighted by Gasteiger charge is 2.09. The summed E-state index contributed by atoms with van der Waals surface area (Å²) >= 11 is 0. The van der Waals surface area contributed by atoms with Gasteiger partial charge in [0.25, 0.3) is 0 Å². The maximum Gasteiger partial charge on any atom is 0.240 e. The van der Waals surface area contributed by atoms with Crippen LogP contribution < -0.4 is 16.2 Å². The van der Waals surface area contributed by atoms with Crippen molar-refractivity contribution in [1.82, 2.24) is 0 Å². The molecule has 0 heterocycles. The molecule has 6 nitrogen and oxygen atoms in total. The van der Waals surface area contributed by atoms with E-state index in [1.165, 1.54) is 24.3 Å². The van der Waals surface area contributed by atoms with Crippen molar-refractivity contribution >= 4 is 21.6 Å². The molecule has 0 bridgehead atoms. The molecule has 1 rings (SSSR count). The molecular weight excluding hydrogens is 230 g/mol. The number of carbonyl (C=O) groups excluding carboxylic acids is 1. The Kier molecular flexibility index (Phi) is 3.63. The number of amides is 1. The van der Waals surface area contributed by atoms with Crippen LogP contribution in [0.3, 0.4) is 0 Å². The van der Waals surface area contributed by atoms with Gasteiger partial charge in [-0.05, 0) is 31.2 Å². The first-order chi connectivity index (χ1) is 7.30. The van der Waals surface area contributed by atoms with Crippen LogP contribution in [0.4, 0.5) is 5.69 Å². The van der Waals surface area contributed by atoms with Crippen molar-refractivity contribution in [3.63, 3.8) is 0 Å². The first-order valence-corrected chi connectivity index (χ1v) is 6.04. The highest BCUT2D eigenvalue weighted by atomic mass is 32.2. The Morgan fingerprint density at radius 1 is 1.31 bits per heavy atom. The van der Waals surface area contributed by atoms with Crippen LogP contribution in [0.1, 0.15) is 6.92 Å². The molecule has 7 heteroatoms. The van der Waals surface area contributed by atoms with Gasteiger partial charge in [0.2, 0.25) is 15.9 Å². The first kappa shape index (κ1) is 12.6. The van der Waals surface area contributed by atoms with E-state index in [0.717, 1.165) is 0 Å². The number of anilines is 1. The summed E-state index contributed by atoms with van der Waals surface area (Å²) in [4.78, 5) is 11.2. The number of primary sulfonamides is 1. The van der Waals surface area contributed by atoms with Crippen LogP contribution in [-0.2, 0) is 14.8 Å². The third-order valence-electron chi connectivity index (χ3n) is 1.86. The maximum atomic E-state index is 11.2. The molecule has 0 aliphatic carbocycles. The van der Waals surface area contributed by atoms with Crippen molar-refractivity contribution in [3.8, 4) is 0 Å². The number of carbonyl (C=O) groups is 1. The van der Waals surface area contributed by atoms with Crippen LogP contribution in [0.25, 0.3) is 0 Å². The Bertz CT molecular complexity index is 479. The average Bonchev–Trinajstić information content (AvgIpc) is 2.17. The minimum absolute atomic E-state index is 0.00806. The molecule has 1 aromatic rings. The molecule has 0 saturated carbocycles. The third kappa shape index (κ3) is 3.30. The molecule has 5 N–H and O–H groups in total. The molecule has 0 aromatic heterocycles. The second-order valence-corrected chi connectivity index (χ2v) is 4.91. The molecule has 88 valence electrons. The summed E-state index contributed by atoms with van der Waals surface area (Å²) in [6.45, 7) is 1.55. The number of hydrogen-bond acceptors (Lipinski definition) is 4. The molecule has 0 aliphatic heterocycles. The van der Waals surface area contributed by atoms with Gasteiger partial charge in [-0.3, -0.25) is 4.79 Å². The summed E-state index contributed by atoms with van der Waals surface area (Å²) in [5.41, 5.74) is 5.82. The van der Waals surface area contributed by atoms with Gasteiger partial charge in [-0.25, -0.2) is 13.6 Å². The SMILES string of the molecule is CC(N)C(=O)Nc1ccc(S(N)(=O)=O)cc1. The minimum Gasteiger partial charge on any atom is -0.325 e. The lowest BCUT2D eigenvalue weighted by Gasteiger charge is -2.07. The van der Waals surface area contributed by atoms with Crippen LogP contribution in [0.15, 0.2) is 29.2 Å². The largest absolute Gasteiger partial charge is 0.325 e. The molecule has 1 aromatic carbocycles. The molecule has 16 heavy (non-hydrogen) atoms. The minimum atomic E-state index is -3.70. The van der Waals surface area contributed by atoms with Crippen molar-refractivity contribution in [1.29, 1.82) is 0 Å². The molecular formula is C9H13N3O3S. The average molecular weight is 243 g/mol. The second kappa shape index (κ2) is 4.60. The van der Waals surface area contributed by atoms with E-state index in [1.54, 1.807) is 6.92 Å². The molecule has 0 fully saturated rings. The molecule has 0 aliphatic rings. The summed E-state index contributed by atoms with van der Waals surface area (Å²) in [7, 11) is -3.70. The molecule has 1 unspecified atom stereocenters. The van der Waals surface area contributed by atoms with Crippen molar-refractivity contribution < 1.29 is 13.2 Å². The van der Waals surface area contributed by atoms with E-state index < -0.39 is 16.1 Å². The zero-order valence-electron chi connectivity index (χ0n) is 8.67. The Hall–Kier alpha value is -1.44. The number of hydrogen-bond donors (Lipinski definition) is 3. The van der Waals surface area contributed by atoms with Gasteiger partial charge in [0.15, 0.2) is 0 Å². The van der Waals surface area contributed by atoms with Gasteiger partial charge in [-0.1, -0.05) is 0 Å². The van der Waals surface area contributed by atoms with Crippen molar-refractivity contribution in [2.24, 2.45) is 10.9 Å². The zero-order valence-corrected chi connectivity index (χ0v) is 9.49. The van der Waals surface area contributed by atoms with Crippen LogP contribution in [0.2, 0.25) is 0 Å². The smallest absolute Gasteiger partial charge is 0.240 e. The lowest BCUT2D eigenvalue weighted by atomic mass is 10.3. The fourth-order valence-corrected chi connectivity index (χ4v) is 1.50. The zero-order chi connectivity index (χ0) is 12.3. The van der Waals surface area contributed by atoms with E-state index in [1.807, 2.05) is 0 Å². The Morgan fingerprint density at radius 2 is 1.81 bits per heavy atom. The van der Waals surface area contributed by atoms with E-state index >= 15 is 0 Å². The predicted octanol–water partition coefficient (Wildman–Crippen LogP) is -0.380. The number of rotatable bonds is 3. The molecule has 1 amide bonds. The van der Waals surface area contributed by atoms with E-state index in [4.69, 9.17) is 10.9 Å². The molecule has 0 spiro atoms. The van der Waals surface area contributed by atoms with E-state index in [2.05, 4.69) is 5.32 Å². The highest BCUT2D eigenvalue weighted by Crippen LogP contribution is 2.12. The number of benzene rings is 1. The first-order valence-electron chi connectivity index (χ1n) is 4.50. The summed E-state index contributed by atoms with van der Waals surface area (Å²) < 4.78 is 21.9. The number of sulfonamides is 1. The number of nitrogens with two attached hydrogens (primary N) is 2. The standard InChI is InChI=1S/C9H13N3O3S/c1-6(10)9(13)12-7-2-4-8(5-3-7)16(11,14)15/h2-6H,10H2,1H3,(H,12,13)(H2,11,14,15). The quantitative estimate of drug-likeness (QED) is 0.671. The Labute approximate surface area is 93.7 Å². The predicted molar refractivity (Wildman–Crippen MR) is 60.1 cm³/mol. The molecule has 1 atom stereocenters. The Balaban J connectivity index is 2.84. The van der Waals surface area contributed by atoms with Gasteiger partial charge in [-0.15, -0.1) is 0 Å². The van der Waals surface area contributed by atoms with Gasteiger partial charge < -0.3 is 11.1 Å². The lowest BCUT2D eigenvalue weighted by molar-refractivity contribution is -0.117. The van der Waals surface area contributed by atoms with Crippen LogP contribution >= 0.6 is 0 Å². The van der Waals surface area contributed by atoms with Gasteiger partial charge in [0.05, 0.1) is 10.9 Å².